The molecule has 0 amide bonds. The van der Waals surface area contributed by atoms with Gasteiger partial charge in [0.2, 0.25) is 0 Å². The Hall–Kier alpha value is 1.75. The van der Waals surface area contributed by atoms with Crippen LogP contribution >= 0.6 is 34.9 Å². The standard InChI is InChI=1S/C4H5BF3N2S3.K/c1-11-3-9-10-4(13-3)12-2-5(6,7)8;/h2H2,1H3;/q-1;+1. The smallest absolute Gasteiger partial charge is 0.448 e. The molecule has 1 rings (SSSR count). The van der Waals surface area contributed by atoms with Crippen molar-refractivity contribution in [3.05, 3.63) is 0 Å². The maximum absolute atomic E-state index is 11.8. The molecule has 10 heteroatoms. The van der Waals surface area contributed by atoms with Crippen molar-refractivity contribution in [1.29, 1.82) is 0 Å². The third-order valence-electron chi connectivity index (χ3n) is 0.958. The average molecular weight is 284 g/mol. The maximum Gasteiger partial charge on any atom is 1.00 e. The van der Waals surface area contributed by atoms with Crippen molar-refractivity contribution >= 4 is 41.8 Å². The maximum atomic E-state index is 11.8. The van der Waals surface area contributed by atoms with Crippen molar-refractivity contribution in [2.24, 2.45) is 0 Å². The Bertz CT molecular complexity index is 281. The van der Waals surface area contributed by atoms with E-state index >= 15 is 0 Å². The zero-order valence-corrected chi connectivity index (χ0v) is 13.1. The van der Waals surface area contributed by atoms with Gasteiger partial charge in [-0.25, -0.2) is 0 Å². The van der Waals surface area contributed by atoms with Gasteiger partial charge >= 0.3 is 58.4 Å². The van der Waals surface area contributed by atoms with Crippen LogP contribution in [-0.2, 0) is 0 Å². The fraction of sp³-hybridized carbons (Fsp3) is 0.500. The van der Waals surface area contributed by atoms with Gasteiger partial charge in [-0.15, -0.1) is 22.0 Å². The molecule has 0 unspecified atom stereocenters. The Morgan fingerprint density at radius 1 is 1.29 bits per heavy atom. The van der Waals surface area contributed by atoms with Gasteiger partial charge in [-0.3, -0.25) is 0 Å². The molecule has 0 saturated heterocycles. The zero-order valence-electron chi connectivity index (χ0n) is 7.54. The van der Waals surface area contributed by atoms with Gasteiger partial charge in [0.05, 0.1) is 0 Å². The zero-order chi connectivity index (χ0) is 9.90. The predicted octanol–water partition coefficient (Wildman–Crippen LogP) is -0.257. The first kappa shape index (κ1) is 15.8. The minimum absolute atomic E-state index is 0. The van der Waals surface area contributed by atoms with Gasteiger partial charge in [0.25, 0.3) is 0 Å². The Morgan fingerprint density at radius 3 is 2.29 bits per heavy atom. The molecule has 0 atom stereocenters. The van der Waals surface area contributed by atoms with E-state index in [1.807, 2.05) is 6.26 Å². The molecule has 14 heavy (non-hydrogen) atoms. The summed E-state index contributed by atoms with van der Waals surface area (Å²) in [6.07, 6.45) is 1.81. The summed E-state index contributed by atoms with van der Waals surface area (Å²) in [6.45, 7) is -4.73. The first-order valence-corrected chi connectivity index (χ1v) is 6.25. The summed E-state index contributed by atoms with van der Waals surface area (Å²) in [5.41, 5.74) is -0.844. The molecule has 0 fully saturated rings. The molecule has 0 aliphatic carbocycles. The molecule has 0 radical (unpaired) electrons. The fourth-order valence-corrected chi connectivity index (χ4v) is 2.77. The molecular formula is C4H5BF3KN2S3. The minimum atomic E-state index is -4.73. The molecule has 0 spiro atoms. The largest absolute Gasteiger partial charge is 1.00 e. The second-order valence-electron chi connectivity index (χ2n) is 2.06. The van der Waals surface area contributed by atoms with Crippen molar-refractivity contribution in [3.8, 4) is 0 Å². The number of thioether (sulfide) groups is 2. The van der Waals surface area contributed by atoms with Crippen LogP contribution < -0.4 is 51.4 Å². The van der Waals surface area contributed by atoms with Crippen molar-refractivity contribution in [2.45, 2.75) is 8.68 Å². The molecule has 0 aliphatic heterocycles. The third kappa shape index (κ3) is 6.36. The van der Waals surface area contributed by atoms with Crippen LogP contribution in [0.4, 0.5) is 12.9 Å². The molecule has 0 bridgehead atoms. The van der Waals surface area contributed by atoms with E-state index < -0.39 is 12.6 Å². The number of hydrogen-bond donors (Lipinski definition) is 0. The van der Waals surface area contributed by atoms with Gasteiger partial charge in [-0.2, -0.15) is 0 Å². The van der Waals surface area contributed by atoms with Crippen LogP contribution in [0.15, 0.2) is 8.68 Å². The molecule has 0 N–H and O–H groups in total. The first-order valence-electron chi connectivity index (χ1n) is 3.22. The topological polar surface area (TPSA) is 25.8 Å². The number of nitrogens with zero attached hydrogens (tertiary/aromatic N) is 2. The van der Waals surface area contributed by atoms with Crippen LogP contribution in [0.25, 0.3) is 0 Å². The van der Waals surface area contributed by atoms with Gasteiger partial charge in [0.1, 0.15) is 0 Å². The molecule has 0 aromatic carbocycles. The Kier molecular flexibility index (Phi) is 8.04. The summed E-state index contributed by atoms with van der Waals surface area (Å²) in [4.78, 5) is 0. The molecule has 1 aromatic rings. The normalized spacial score (nSPS) is 11.1. The second-order valence-corrected chi connectivity index (χ2v) is 5.36. The van der Waals surface area contributed by atoms with E-state index in [0.29, 0.717) is 20.4 Å². The van der Waals surface area contributed by atoms with Gasteiger partial charge in [0, 0.05) is 0 Å². The molecule has 74 valence electrons. The van der Waals surface area contributed by atoms with Crippen LogP contribution in [0.5, 0.6) is 0 Å². The van der Waals surface area contributed by atoms with Crippen LogP contribution in [0.3, 0.4) is 0 Å². The molecular weight excluding hydrogens is 279 g/mol. The van der Waals surface area contributed by atoms with E-state index in [0.717, 1.165) is 0 Å². The van der Waals surface area contributed by atoms with Crippen molar-refractivity contribution in [2.75, 3.05) is 11.9 Å². The van der Waals surface area contributed by atoms with Crippen molar-refractivity contribution in [3.63, 3.8) is 0 Å². The average Bonchev–Trinajstić information content (AvgIpc) is 2.47. The fourth-order valence-electron chi connectivity index (χ4n) is 0.504. The summed E-state index contributed by atoms with van der Waals surface area (Å²) < 4.78 is 36.5. The van der Waals surface area contributed by atoms with E-state index in [-0.39, 0.29) is 51.4 Å². The van der Waals surface area contributed by atoms with E-state index in [1.54, 1.807) is 0 Å². The number of halogens is 3. The summed E-state index contributed by atoms with van der Waals surface area (Å²) in [7, 11) is 0. The van der Waals surface area contributed by atoms with Crippen LogP contribution in [0, 0.1) is 0 Å². The van der Waals surface area contributed by atoms with Gasteiger partial charge in [0.15, 0.2) is 8.68 Å². The number of aromatic nitrogens is 2. The number of rotatable bonds is 4. The van der Waals surface area contributed by atoms with E-state index in [1.165, 1.54) is 23.1 Å². The van der Waals surface area contributed by atoms with Gasteiger partial charge in [-0.1, -0.05) is 23.1 Å². The van der Waals surface area contributed by atoms with Gasteiger partial charge in [-0.05, 0) is 11.9 Å². The minimum Gasteiger partial charge on any atom is -0.448 e. The monoisotopic (exact) mass is 284 g/mol. The summed E-state index contributed by atoms with van der Waals surface area (Å²) in [6, 6.07) is 0. The van der Waals surface area contributed by atoms with E-state index in [9.17, 15) is 12.9 Å². The predicted molar refractivity (Wildman–Crippen MR) is 51.5 cm³/mol. The molecule has 2 nitrogen and oxygen atoms in total. The van der Waals surface area contributed by atoms with Crippen LogP contribution in [-0.4, -0.2) is 29.1 Å². The summed E-state index contributed by atoms with van der Waals surface area (Å²) in [5, 5.41) is 7.30. The van der Waals surface area contributed by atoms with Crippen LogP contribution in [0.1, 0.15) is 0 Å². The quantitative estimate of drug-likeness (QED) is 0.562. The molecule has 0 aliphatic rings. The van der Waals surface area contributed by atoms with E-state index in [2.05, 4.69) is 10.2 Å². The Balaban J connectivity index is 0.00000169. The number of hydrogen-bond acceptors (Lipinski definition) is 5. The van der Waals surface area contributed by atoms with E-state index in [4.69, 9.17) is 0 Å². The summed E-state index contributed by atoms with van der Waals surface area (Å²) in [5.74, 6) is 0. The third-order valence-corrected chi connectivity index (χ3v) is 4.13. The van der Waals surface area contributed by atoms with Gasteiger partial charge < -0.3 is 12.9 Å². The Labute approximate surface area is 135 Å². The molecule has 0 saturated carbocycles. The molecule has 1 aromatic heterocycles. The molecule has 1 heterocycles. The first-order chi connectivity index (χ1) is 6.01. The summed E-state index contributed by atoms with van der Waals surface area (Å²) >= 11 is 3.26. The van der Waals surface area contributed by atoms with Crippen molar-refractivity contribution in [1.82, 2.24) is 10.2 Å². The van der Waals surface area contributed by atoms with Crippen LogP contribution in [0.2, 0.25) is 0 Å². The van der Waals surface area contributed by atoms with Crippen molar-refractivity contribution < 1.29 is 64.3 Å². The second kappa shape index (κ2) is 7.15. The SMILES string of the molecule is CSc1nnc(SC[B-](F)(F)F)s1.[K+]. The Morgan fingerprint density at radius 2 is 1.86 bits per heavy atom.